The van der Waals surface area contributed by atoms with Gasteiger partial charge in [-0.3, -0.25) is 9.69 Å². The molecule has 7 heteroatoms. The molecule has 2 amide bonds. The van der Waals surface area contributed by atoms with Crippen LogP contribution >= 0.6 is 11.8 Å². The van der Waals surface area contributed by atoms with Crippen molar-refractivity contribution >= 4 is 35.1 Å². The maximum atomic E-state index is 13.8. The van der Waals surface area contributed by atoms with Crippen LogP contribution in [-0.4, -0.2) is 25.2 Å². The van der Waals surface area contributed by atoms with Crippen molar-refractivity contribution in [3.8, 4) is 11.5 Å². The fourth-order valence-corrected chi connectivity index (χ4v) is 5.59. The number of benzene rings is 5. The van der Waals surface area contributed by atoms with Gasteiger partial charge in [0, 0.05) is 22.0 Å². The van der Waals surface area contributed by atoms with Gasteiger partial charge in [0.1, 0.15) is 5.75 Å². The number of amides is 2. The topological polar surface area (TPSA) is 67.9 Å². The van der Waals surface area contributed by atoms with Gasteiger partial charge in [0.05, 0.1) is 18.7 Å². The quantitative estimate of drug-likeness (QED) is 0.134. The van der Waals surface area contributed by atoms with Crippen LogP contribution in [0.2, 0.25) is 0 Å². The van der Waals surface area contributed by atoms with E-state index < -0.39 is 0 Å². The molecule has 5 aromatic rings. The van der Waals surface area contributed by atoms with E-state index >= 15 is 0 Å². The SMILES string of the molecule is CCOC(=O)Cc1ccc(Sc2ccc(N(CCCc3ccccc3)C(=O)Nc3ccccc3Oc3ccccc3)cc2)cc1. The summed E-state index contributed by atoms with van der Waals surface area (Å²) in [6.45, 7) is 2.72. The highest BCUT2D eigenvalue weighted by molar-refractivity contribution is 7.99. The molecule has 5 aromatic carbocycles. The highest BCUT2D eigenvalue weighted by Crippen LogP contribution is 2.32. The predicted octanol–water partition coefficient (Wildman–Crippen LogP) is 9.41. The van der Waals surface area contributed by atoms with Gasteiger partial charge >= 0.3 is 12.0 Å². The standard InChI is InChI=1S/C38H36N2O4S/c1-2-43-37(41)28-30-19-23-33(24-20-30)45-34-25-21-31(22-26-34)40(27-11-14-29-12-5-3-6-13-29)38(42)39-35-17-9-10-18-36(35)44-32-15-7-4-8-16-32/h3-10,12-13,15-26H,2,11,14,27-28H2,1H3,(H,39,42). The average molecular weight is 617 g/mol. The molecule has 0 bridgehead atoms. The number of carbonyl (C=O) groups is 2. The number of carbonyl (C=O) groups excluding carboxylic acids is 2. The smallest absolute Gasteiger partial charge is 0.326 e. The molecule has 1 N–H and O–H groups in total. The Morgan fingerprint density at radius 3 is 2.02 bits per heavy atom. The minimum absolute atomic E-state index is 0.224. The lowest BCUT2D eigenvalue weighted by Gasteiger charge is -2.24. The third-order valence-corrected chi connectivity index (χ3v) is 8.01. The van der Waals surface area contributed by atoms with E-state index in [1.807, 2.05) is 121 Å². The average Bonchev–Trinajstić information content (AvgIpc) is 3.06. The molecule has 45 heavy (non-hydrogen) atoms. The summed E-state index contributed by atoms with van der Waals surface area (Å²) in [5.41, 5.74) is 3.55. The van der Waals surface area contributed by atoms with Crippen molar-refractivity contribution in [2.45, 2.75) is 36.0 Å². The Morgan fingerprint density at radius 2 is 1.33 bits per heavy atom. The Labute approximate surface area is 269 Å². The zero-order valence-electron chi connectivity index (χ0n) is 25.2. The van der Waals surface area contributed by atoms with Crippen molar-refractivity contribution in [1.82, 2.24) is 0 Å². The second-order valence-electron chi connectivity index (χ2n) is 10.3. The molecule has 0 aliphatic heterocycles. The molecule has 0 saturated carbocycles. The monoisotopic (exact) mass is 616 g/mol. The van der Waals surface area contributed by atoms with Gasteiger partial charge in [-0.1, -0.05) is 84.6 Å². The molecule has 0 fully saturated rings. The molecule has 0 aromatic heterocycles. The number of rotatable bonds is 13. The van der Waals surface area contributed by atoms with Gasteiger partial charge < -0.3 is 14.8 Å². The van der Waals surface area contributed by atoms with E-state index in [9.17, 15) is 9.59 Å². The number of anilines is 2. The van der Waals surface area contributed by atoms with Crippen LogP contribution in [-0.2, 0) is 22.4 Å². The molecule has 5 rings (SSSR count). The summed E-state index contributed by atoms with van der Waals surface area (Å²) in [7, 11) is 0. The van der Waals surface area contributed by atoms with E-state index in [-0.39, 0.29) is 18.4 Å². The van der Waals surface area contributed by atoms with Crippen molar-refractivity contribution in [3.63, 3.8) is 0 Å². The predicted molar refractivity (Wildman–Crippen MR) is 181 cm³/mol. The van der Waals surface area contributed by atoms with E-state index in [2.05, 4.69) is 17.4 Å². The van der Waals surface area contributed by atoms with Crippen molar-refractivity contribution < 1.29 is 19.1 Å². The van der Waals surface area contributed by atoms with Crippen LogP contribution in [0.1, 0.15) is 24.5 Å². The Bertz CT molecular complexity index is 1660. The summed E-state index contributed by atoms with van der Waals surface area (Å²) in [6, 6.07) is 42.9. The van der Waals surface area contributed by atoms with E-state index in [0.29, 0.717) is 30.3 Å². The van der Waals surface area contributed by atoms with Crippen LogP contribution in [0.3, 0.4) is 0 Å². The molecule has 228 valence electrons. The van der Waals surface area contributed by atoms with E-state index in [0.717, 1.165) is 33.9 Å². The van der Waals surface area contributed by atoms with Gasteiger partial charge in [0.2, 0.25) is 0 Å². The molecular formula is C38H36N2O4S. The zero-order valence-corrected chi connectivity index (χ0v) is 26.0. The number of aryl methyl sites for hydroxylation is 1. The van der Waals surface area contributed by atoms with Gasteiger partial charge in [0.15, 0.2) is 5.75 Å². The molecule has 0 unspecified atom stereocenters. The number of nitrogens with one attached hydrogen (secondary N) is 1. The number of hydrogen-bond acceptors (Lipinski definition) is 5. The highest BCUT2D eigenvalue weighted by Gasteiger charge is 2.18. The van der Waals surface area contributed by atoms with Crippen molar-refractivity contribution in [3.05, 3.63) is 145 Å². The maximum absolute atomic E-state index is 13.8. The van der Waals surface area contributed by atoms with Crippen LogP contribution in [0.5, 0.6) is 11.5 Å². The highest BCUT2D eigenvalue weighted by atomic mass is 32.2. The molecule has 0 aliphatic rings. The third-order valence-electron chi connectivity index (χ3n) is 7.00. The van der Waals surface area contributed by atoms with Crippen molar-refractivity contribution in [2.75, 3.05) is 23.4 Å². The summed E-state index contributed by atoms with van der Waals surface area (Å²) in [6.07, 6.45) is 1.92. The molecule has 0 atom stereocenters. The van der Waals surface area contributed by atoms with Crippen LogP contribution in [0.25, 0.3) is 0 Å². The number of para-hydroxylation sites is 3. The van der Waals surface area contributed by atoms with Crippen molar-refractivity contribution in [1.29, 1.82) is 0 Å². The number of esters is 1. The molecular weight excluding hydrogens is 580 g/mol. The van der Waals surface area contributed by atoms with Gasteiger partial charge in [0.25, 0.3) is 0 Å². The summed E-state index contributed by atoms with van der Waals surface area (Å²) in [5.74, 6) is 1.04. The molecule has 0 spiro atoms. The lowest BCUT2D eigenvalue weighted by atomic mass is 10.1. The number of hydrogen-bond donors (Lipinski definition) is 1. The molecule has 0 saturated heterocycles. The summed E-state index contributed by atoms with van der Waals surface area (Å²) in [4.78, 5) is 29.5. The summed E-state index contributed by atoms with van der Waals surface area (Å²) < 4.78 is 11.1. The van der Waals surface area contributed by atoms with Gasteiger partial charge in [-0.25, -0.2) is 4.79 Å². The third kappa shape index (κ3) is 9.49. The fourth-order valence-electron chi connectivity index (χ4n) is 4.78. The van der Waals surface area contributed by atoms with Crippen molar-refractivity contribution in [2.24, 2.45) is 0 Å². The number of urea groups is 1. The maximum Gasteiger partial charge on any atom is 0.326 e. The first-order valence-corrected chi connectivity index (χ1v) is 15.9. The van der Waals surface area contributed by atoms with E-state index in [1.165, 1.54) is 5.56 Å². The summed E-state index contributed by atoms with van der Waals surface area (Å²) in [5, 5.41) is 3.08. The first-order valence-electron chi connectivity index (χ1n) is 15.0. The Kier molecular flexibility index (Phi) is 11.3. The summed E-state index contributed by atoms with van der Waals surface area (Å²) >= 11 is 1.62. The van der Waals surface area contributed by atoms with Crippen LogP contribution < -0.4 is 15.0 Å². The van der Waals surface area contributed by atoms with Gasteiger partial charge in [-0.2, -0.15) is 0 Å². The lowest BCUT2D eigenvalue weighted by Crippen LogP contribution is -2.36. The lowest BCUT2D eigenvalue weighted by molar-refractivity contribution is -0.142. The Balaban J connectivity index is 1.29. The Hall–Kier alpha value is -5.01. The Morgan fingerprint density at radius 1 is 0.711 bits per heavy atom. The molecule has 0 heterocycles. The number of nitrogens with zero attached hydrogens (tertiary/aromatic N) is 1. The van der Waals surface area contributed by atoms with Gasteiger partial charge in [-0.05, 0) is 91.6 Å². The van der Waals surface area contributed by atoms with E-state index in [4.69, 9.17) is 9.47 Å². The zero-order chi connectivity index (χ0) is 31.3. The second kappa shape index (κ2) is 16.2. The minimum atomic E-state index is -0.232. The van der Waals surface area contributed by atoms with Crippen LogP contribution in [0, 0.1) is 0 Å². The largest absolute Gasteiger partial charge is 0.466 e. The fraction of sp³-hybridized carbons (Fsp3) is 0.158. The first-order chi connectivity index (χ1) is 22.1. The number of ether oxygens (including phenoxy) is 2. The first kappa shape index (κ1) is 31.4. The molecule has 0 aliphatic carbocycles. The second-order valence-corrected chi connectivity index (χ2v) is 11.5. The normalized spacial score (nSPS) is 10.6. The van der Waals surface area contributed by atoms with Gasteiger partial charge in [-0.15, -0.1) is 0 Å². The van der Waals surface area contributed by atoms with Crippen LogP contribution in [0.4, 0.5) is 16.2 Å². The molecule has 0 radical (unpaired) electrons. The van der Waals surface area contributed by atoms with Crippen LogP contribution in [0.15, 0.2) is 143 Å². The van der Waals surface area contributed by atoms with E-state index in [1.54, 1.807) is 23.6 Å². The minimum Gasteiger partial charge on any atom is -0.466 e. The molecule has 6 nitrogen and oxygen atoms in total.